The molecule has 0 spiro atoms. The van der Waals surface area contributed by atoms with Crippen LogP contribution >= 0.6 is 0 Å². The molecule has 7 heteroatoms. The smallest absolute Gasteiger partial charge is 0.416 e. The van der Waals surface area contributed by atoms with E-state index in [1.807, 2.05) is 0 Å². The van der Waals surface area contributed by atoms with Gasteiger partial charge in [0.05, 0.1) is 5.56 Å². The van der Waals surface area contributed by atoms with Crippen molar-refractivity contribution in [3.63, 3.8) is 0 Å². The van der Waals surface area contributed by atoms with Crippen molar-refractivity contribution in [2.24, 2.45) is 0 Å². The number of nitrogens with one attached hydrogen (secondary N) is 1. The van der Waals surface area contributed by atoms with Gasteiger partial charge in [0.25, 0.3) is 5.91 Å². The van der Waals surface area contributed by atoms with Crippen LogP contribution in [-0.4, -0.2) is 12.5 Å². The molecule has 4 nitrogen and oxygen atoms in total. The Kier molecular flexibility index (Phi) is 6.24. The summed E-state index contributed by atoms with van der Waals surface area (Å²) >= 11 is 0. The van der Waals surface area contributed by atoms with Gasteiger partial charge in [0.1, 0.15) is 24.0 Å². The Hall–Kier alpha value is -3.71. The van der Waals surface area contributed by atoms with Gasteiger partial charge in [0, 0.05) is 11.3 Å². The number of alkyl halides is 3. The molecule has 0 aromatic heterocycles. The van der Waals surface area contributed by atoms with Crippen molar-refractivity contribution in [1.29, 1.82) is 5.26 Å². The average Bonchev–Trinajstić information content (AvgIpc) is 2.64. The zero-order chi connectivity index (χ0) is 19.9. The monoisotopic (exact) mass is 370 g/mol. The summed E-state index contributed by atoms with van der Waals surface area (Å²) in [6.07, 6.45) is 1.88. The maximum Gasteiger partial charge on any atom is 0.416 e. The SMILES string of the molecule is C#CCOc1ccccc1/C=C(\C#N)C(=O)Nc1cccc(C(F)(F)F)c1. The summed E-state index contributed by atoms with van der Waals surface area (Å²) in [5.74, 6) is 1.83. The van der Waals surface area contributed by atoms with E-state index in [0.717, 1.165) is 18.2 Å². The molecule has 0 heterocycles. The van der Waals surface area contributed by atoms with Crippen molar-refractivity contribution >= 4 is 17.7 Å². The molecule has 1 N–H and O–H groups in total. The van der Waals surface area contributed by atoms with Crippen LogP contribution in [0.4, 0.5) is 18.9 Å². The second-order valence-electron chi connectivity index (χ2n) is 5.23. The van der Waals surface area contributed by atoms with Gasteiger partial charge in [-0.15, -0.1) is 6.42 Å². The zero-order valence-electron chi connectivity index (χ0n) is 13.9. The average molecular weight is 370 g/mol. The molecule has 0 saturated carbocycles. The van der Waals surface area contributed by atoms with Gasteiger partial charge in [-0.2, -0.15) is 18.4 Å². The number of para-hydroxylation sites is 1. The molecular weight excluding hydrogens is 357 g/mol. The summed E-state index contributed by atoms with van der Waals surface area (Å²) in [5.41, 5.74) is -0.851. The Morgan fingerprint density at radius 1 is 1.22 bits per heavy atom. The number of ether oxygens (including phenoxy) is 1. The summed E-state index contributed by atoms with van der Waals surface area (Å²) in [4.78, 5) is 12.3. The fraction of sp³-hybridized carbons (Fsp3) is 0.100. The lowest BCUT2D eigenvalue weighted by atomic mass is 10.1. The molecular formula is C20H13F3N2O2. The van der Waals surface area contributed by atoms with Crippen LogP contribution in [0.2, 0.25) is 0 Å². The van der Waals surface area contributed by atoms with E-state index in [9.17, 15) is 23.2 Å². The topological polar surface area (TPSA) is 62.1 Å². The van der Waals surface area contributed by atoms with Gasteiger partial charge in [-0.3, -0.25) is 4.79 Å². The minimum absolute atomic E-state index is 0.00315. The molecule has 27 heavy (non-hydrogen) atoms. The molecule has 2 aromatic carbocycles. The molecule has 2 rings (SSSR count). The molecule has 0 atom stereocenters. The third kappa shape index (κ3) is 5.38. The second-order valence-corrected chi connectivity index (χ2v) is 5.23. The Morgan fingerprint density at radius 2 is 1.96 bits per heavy atom. The summed E-state index contributed by atoms with van der Waals surface area (Å²) in [7, 11) is 0. The predicted octanol–water partition coefficient (Wildman–Crippen LogP) is 4.26. The largest absolute Gasteiger partial charge is 0.480 e. The number of halogens is 3. The van der Waals surface area contributed by atoms with Gasteiger partial charge in [-0.25, -0.2) is 0 Å². The highest BCUT2D eigenvalue weighted by Gasteiger charge is 2.30. The van der Waals surface area contributed by atoms with Gasteiger partial charge in [0.2, 0.25) is 0 Å². The molecule has 0 fully saturated rings. The van der Waals surface area contributed by atoms with E-state index in [1.54, 1.807) is 30.3 Å². The third-order valence-corrected chi connectivity index (χ3v) is 3.34. The number of nitriles is 1. The first-order chi connectivity index (χ1) is 12.8. The molecule has 0 aliphatic heterocycles. The van der Waals surface area contributed by atoms with E-state index in [-0.39, 0.29) is 17.9 Å². The van der Waals surface area contributed by atoms with Gasteiger partial charge < -0.3 is 10.1 Å². The molecule has 0 radical (unpaired) electrons. The number of amides is 1. The lowest BCUT2D eigenvalue weighted by molar-refractivity contribution is -0.137. The molecule has 2 aromatic rings. The van der Waals surface area contributed by atoms with Crippen molar-refractivity contribution in [2.45, 2.75) is 6.18 Å². The Bertz CT molecular complexity index is 951. The molecule has 0 aliphatic rings. The standard InChI is InChI=1S/C20H13F3N2O2/c1-2-10-27-18-9-4-3-6-14(18)11-15(13-24)19(26)25-17-8-5-7-16(12-17)20(21,22)23/h1,3-9,11-12H,10H2,(H,25,26)/b15-11+. The number of rotatable bonds is 5. The number of carbonyl (C=O) groups is 1. The van der Waals surface area contributed by atoms with E-state index in [0.29, 0.717) is 11.3 Å². The van der Waals surface area contributed by atoms with Gasteiger partial charge in [-0.1, -0.05) is 30.2 Å². The van der Waals surface area contributed by atoms with Crippen molar-refractivity contribution in [2.75, 3.05) is 11.9 Å². The highest BCUT2D eigenvalue weighted by Crippen LogP contribution is 2.30. The van der Waals surface area contributed by atoms with Crippen LogP contribution in [-0.2, 0) is 11.0 Å². The number of carbonyl (C=O) groups excluding carboxylic acids is 1. The minimum Gasteiger partial charge on any atom is -0.480 e. The number of benzene rings is 2. The minimum atomic E-state index is -4.54. The summed E-state index contributed by atoms with van der Waals surface area (Å²) in [6, 6.07) is 12.5. The summed E-state index contributed by atoms with van der Waals surface area (Å²) in [5, 5.41) is 11.5. The number of anilines is 1. The maximum absolute atomic E-state index is 12.8. The van der Waals surface area contributed by atoms with Crippen molar-refractivity contribution in [3.8, 4) is 24.2 Å². The van der Waals surface area contributed by atoms with Crippen molar-refractivity contribution < 1.29 is 22.7 Å². The van der Waals surface area contributed by atoms with Crippen LogP contribution in [0, 0.1) is 23.7 Å². The van der Waals surface area contributed by atoms with Crippen LogP contribution in [0.3, 0.4) is 0 Å². The van der Waals surface area contributed by atoms with E-state index < -0.39 is 17.6 Å². The van der Waals surface area contributed by atoms with Crippen LogP contribution in [0.15, 0.2) is 54.1 Å². The fourth-order valence-corrected chi connectivity index (χ4v) is 2.13. The first-order valence-electron chi connectivity index (χ1n) is 7.61. The first-order valence-corrected chi connectivity index (χ1v) is 7.61. The van der Waals surface area contributed by atoms with E-state index >= 15 is 0 Å². The number of hydrogen-bond acceptors (Lipinski definition) is 3. The fourth-order valence-electron chi connectivity index (χ4n) is 2.13. The highest BCUT2D eigenvalue weighted by molar-refractivity contribution is 6.09. The first kappa shape index (κ1) is 19.6. The molecule has 0 bridgehead atoms. The molecule has 1 amide bonds. The van der Waals surface area contributed by atoms with Crippen molar-refractivity contribution in [1.82, 2.24) is 0 Å². The van der Waals surface area contributed by atoms with Crippen LogP contribution in [0.25, 0.3) is 6.08 Å². The van der Waals surface area contributed by atoms with Crippen molar-refractivity contribution in [3.05, 3.63) is 65.2 Å². The Balaban J connectivity index is 2.26. The molecule has 0 saturated heterocycles. The normalized spacial score (nSPS) is 11.2. The lowest BCUT2D eigenvalue weighted by Crippen LogP contribution is -2.14. The van der Waals surface area contributed by atoms with Crippen LogP contribution in [0.5, 0.6) is 5.75 Å². The Labute approximate surface area is 153 Å². The predicted molar refractivity (Wildman–Crippen MR) is 94.4 cm³/mol. The lowest BCUT2D eigenvalue weighted by Gasteiger charge is -2.10. The van der Waals surface area contributed by atoms with Crippen LogP contribution < -0.4 is 10.1 Å². The van der Waals surface area contributed by atoms with Gasteiger partial charge in [-0.05, 0) is 30.3 Å². The zero-order valence-corrected chi connectivity index (χ0v) is 13.9. The van der Waals surface area contributed by atoms with Gasteiger partial charge in [0.15, 0.2) is 0 Å². The van der Waals surface area contributed by atoms with E-state index in [1.165, 1.54) is 12.1 Å². The number of terminal acetylenes is 1. The summed E-state index contributed by atoms with van der Waals surface area (Å²) < 4.78 is 43.6. The van der Waals surface area contributed by atoms with E-state index in [2.05, 4.69) is 11.2 Å². The van der Waals surface area contributed by atoms with Gasteiger partial charge >= 0.3 is 6.18 Å². The third-order valence-electron chi connectivity index (χ3n) is 3.34. The molecule has 136 valence electrons. The molecule has 0 aliphatic carbocycles. The maximum atomic E-state index is 12.8. The number of nitrogens with zero attached hydrogens (tertiary/aromatic N) is 1. The summed E-state index contributed by atoms with van der Waals surface area (Å²) in [6.45, 7) is 0.00315. The number of hydrogen-bond donors (Lipinski definition) is 1. The quantitative estimate of drug-likeness (QED) is 0.486. The Morgan fingerprint density at radius 3 is 2.63 bits per heavy atom. The highest BCUT2D eigenvalue weighted by atomic mass is 19.4. The van der Waals surface area contributed by atoms with E-state index in [4.69, 9.17) is 11.2 Å². The second kappa shape index (κ2) is 8.59. The molecule has 0 unspecified atom stereocenters. The van der Waals surface area contributed by atoms with Crippen LogP contribution in [0.1, 0.15) is 11.1 Å².